The van der Waals surface area contributed by atoms with Crippen LogP contribution in [0.2, 0.25) is 0 Å². The molecule has 1 aliphatic heterocycles. The number of halogens is 1. The molecule has 124 valence electrons. The second kappa shape index (κ2) is 9.84. The first-order chi connectivity index (χ1) is 9.72. The van der Waals surface area contributed by atoms with Crippen molar-refractivity contribution in [3.05, 3.63) is 0 Å². The number of nitrogens with zero attached hydrogens (tertiary/aromatic N) is 1. The van der Waals surface area contributed by atoms with Crippen LogP contribution < -0.4 is 10.6 Å². The van der Waals surface area contributed by atoms with Crippen molar-refractivity contribution in [1.82, 2.24) is 10.6 Å². The van der Waals surface area contributed by atoms with Crippen LogP contribution in [-0.2, 0) is 4.74 Å². The van der Waals surface area contributed by atoms with Gasteiger partial charge in [-0.1, -0.05) is 19.3 Å². The normalized spacial score (nSPS) is 23.2. The standard InChI is InChI=1S/C15H29N3O2.HI/c1-2-16-14(18-13-6-4-3-5-7-13)17-12-15(19)8-10-20-11-9-15;/h13,19H,2-12H2,1H3,(H2,16,17,18);1H. The minimum Gasteiger partial charge on any atom is -0.388 e. The highest BCUT2D eigenvalue weighted by molar-refractivity contribution is 14.0. The predicted molar refractivity (Wildman–Crippen MR) is 96.4 cm³/mol. The molecule has 1 aliphatic carbocycles. The Kier molecular flexibility index (Phi) is 8.89. The number of aliphatic imine (C=N–C) groups is 1. The summed E-state index contributed by atoms with van der Waals surface area (Å²) in [6.45, 7) is 4.65. The molecule has 0 aromatic heterocycles. The number of hydrogen-bond donors (Lipinski definition) is 3. The number of aliphatic hydroxyl groups is 1. The topological polar surface area (TPSA) is 65.9 Å². The molecule has 0 spiro atoms. The lowest BCUT2D eigenvalue weighted by Gasteiger charge is -2.31. The van der Waals surface area contributed by atoms with Crippen LogP contribution >= 0.6 is 24.0 Å². The molecule has 0 amide bonds. The van der Waals surface area contributed by atoms with E-state index in [1.807, 2.05) is 0 Å². The van der Waals surface area contributed by atoms with Gasteiger partial charge in [-0.15, -0.1) is 24.0 Å². The second-order valence-electron chi connectivity index (χ2n) is 6.01. The maximum atomic E-state index is 10.5. The van der Waals surface area contributed by atoms with Crippen molar-refractivity contribution in [3.8, 4) is 0 Å². The number of rotatable bonds is 4. The van der Waals surface area contributed by atoms with E-state index in [9.17, 15) is 5.11 Å². The Bertz CT molecular complexity index is 314. The first-order valence-corrected chi connectivity index (χ1v) is 8.07. The zero-order valence-electron chi connectivity index (χ0n) is 13.1. The van der Waals surface area contributed by atoms with Gasteiger partial charge in [0.15, 0.2) is 5.96 Å². The quantitative estimate of drug-likeness (QED) is 0.376. The van der Waals surface area contributed by atoms with E-state index in [0.29, 0.717) is 38.6 Å². The largest absolute Gasteiger partial charge is 0.388 e. The number of ether oxygens (including phenoxy) is 1. The first-order valence-electron chi connectivity index (χ1n) is 8.07. The second-order valence-corrected chi connectivity index (χ2v) is 6.01. The Morgan fingerprint density at radius 1 is 1.24 bits per heavy atom. The van der Waals surface area contributed by atoms with Crippen LogP contribution in [0.4, 0.5) is 0 Å². The molecule has 21 heavy (non-hydrogen) atoms. The van der Waals surface area contributed by atoms with E-state index in [1.54, 1.807) is 0 Å². The zero-order valence-corrected chi connectivity index (χ0v) is 15.4. The molecule has 0 bridgehead atoms. The summed E-state index contributed by atoms with van der Waals surface area (Å²) in [5.41, 5.74) is -0.687. The molecule has 2 fully saturated rings. The molecule has 2 aliphatic rings. The van der Waals surface area contributed by atoms with Crippen LogP contribution in [0, 0.1) is 0 Å². The molecule has 5 nitrogen and oxygen atoms in total. The molecule has 0 aromatic carbocycles. The van der Waals surface area contributed by atoms with Crippen molar-refractivity contribution in [2.24, 2.45) is 4.99 Å². The highest BCUT2D eigenvalue weighted by Crippen LogP contribution is 2.21. The van der Waals surface area contributed by atoms with Crippen molar-refractivity contribution >= 4 is 29.9 Å². The summed E-state index contributed by atoms with van der Waals surface area (Å²) < 4.78 is 5.30. The lowest BCUT2D eigenvalue weighted by Crippen LogP contribution is -2.46. The molecule has 0 aromatic rings. The van der Waals surface area contributed by atoms with Gasteiger partial charge in [-0.05, 0) is 19.8 Å². The summed E-state index contributed by atoms with van der Waals surface area (Å²) in [6.07, 6.45) is 7.77. The lowest BCUT2D eigenvalue weighted by molar-refractivity contribution is -0.0566. The van der Waals surface area contributed by atoms with Crippen LogP contribution in [0.1, 0.15) is 51.9 Å². The molecular weight excluding hydrogens is 381 g/mol. The summed E-state index contributed by atoms with van der Waals surface area (Å²) in [5.74, 6) is 0.847. The van der Waals surface area contributed by atoms with E-state index in [4.69, 9.17) is 4.74 Å². The van der Waals surface area contributed by atoms with Crippen molar-refractivity contribution in [2.45, 2.75) is 63.5 Å². The van der Waals surface area contributed by atoms with Gasteiger partial charge in [-0.25, -0.2) is 0 Å². The maximum absolute atomic E-state index is 10.5. The van der Waals surface area contributed by atoms with Gasteiger partial charge in [-0.2, -0.15) is 0 Å². The average Bonchev–Trinajstić information content (AvgIpc) is 2.47. The summed E-state index contributed by atoms with van der Waals surface area (Å²) in [4.78, 5) is 4.59. The predicted octanol–water partition coefficient (Wildman–Crippen LogP) is 2.03. The van der Waals surface area contributed by atoms with E-state index in [0.717, 1.165) is 12.5 Å². The van der Waals surface area contributed by atoms with Crippen molar-refractivity contribution in [3.63, 3.8) is 0 Å². The molecule has 1 saturated heterocycles. The summed E-state index contributed by atoms with van der Waals surface area (Å²) >= 11 is 0. The molecule has 2 rings (SSSR count). The van der Waals surface area contributed by atoms with E-state index in [1.165, 1.54) is 32.1 Å². The summed E-state index contributed by atoms with van der Waals surface area (Å²) in [6, 6.07) is 0.533. The minimum absolute atomic E-state index is 0. The Morgan fingerprint density at radius 2 is 1.90 bits per heavy atom. The van der Waals surface area contributed by atoms with E-state index < -0.39 is 5.60 Å². The van der Waals surface area contributed by atoms with Crippen LogP contribution in [0.3, 0.4) is 0 Å². The van der Waals surface area contributed by atoms with Gasteiger partial charge in [0.2, 0.25) is 0 Å². The summed E-state index contributed by atoms with van der Waals surface area (Å²) in [5, 5.41) is 17.2. The average molecular weight is 411 g/mol. The first kappa shape index (κ1) is 19.0. The molecule has 6 heteroatoms. The third kappa shape index (κ3) is 6.69. The van der Waals surface area contributed by atoms with Gasteiger partial charge < -0.3 is 20.5 Å². The van der Waals surface area contributed by atoms with Crippen LogP contribution in [-0.4, -0.2) is 49.0 Å². The lowest BCUT2D eigenvalue weighted by atomic mass is 9.94. The number of guanidine groups is 1. The molecule has 1 heterocycles. The van der Waals surface area contributed by atoms with E-state index >= 15 is 0 Å². The van der Waals surface area contributed by atoms with E-state index in [-0.39, 0.29) is 24.0 Å². The fourth-order valence-electron chi connectivity index (χ4n) is 2.90. The molecule has 3 N–H and O–H groups in total. The SMILES string of the molecule is CCNC(=NCC1(O)CCOCC1)NC1CCCCC1.I. The van der Waals surface area contributed by atoms with Gasteiger partial charge in [0.25, 0.3) is 0 Å². The highest BCUT2D eigenvalue weighted by Gasteiger charge is 2.29. The zero-order chi connectivity index (χ0) is 14.3. The monoisotopic (exact) mass is 411 g/mol. The molecule has 0 radical (unpaired) electrons. The minimum atomic E-state index is -0.687. The molecule has 1 saturated carbocycles. The fraction of sp³-hybridized carbons (Fsp3) is 0.933. The number of hydrogen-bond acceptors (Lipinski definition) is 3. The molecule has 0 unspecified atom stereocenters. The third-order valence-corrected chi connectivity index (χ3v) is 4.25. The van der Waals surface area contributed by atoms with Gasteiger partial charge in [0, 0.05) is 38.6 Å². The van der Waals surface area contributed by atoms with Crippen molar-refractivity contribution in [2.75, 3.05) is 26.3 Å². The Hall–Kier alpha value is -0.0800. The fourth-order valence-corrected chi connectivity index (χ4v) is 2.90. The molecular formula is C15H30IN3O2. The Morgan fingerprint density at radius 3 is 2.52 bits per heavy atom. The molecule has 0 atom stereocenters. The highest BCUT2D eigenvalue weighted by atomic mass is 127. The Balaban J connectivity index is 0.00000220. The van der Waals surface area contributed by atoms with Crippen LogP contribution in [0.5, 0.6) is 0 Å². The number of nitrogens with one attached hydrogen (secondary N) is 2. The summed E-state index contributed by atoms with van der Waals surface area (Å²) in [7, 11) is 0. The van der Waals surface area contributed by atoms with Gasteiger partial charge in [0.1, 0.15) is 0 Å². The van der Waals surface area contributed by atoms with Crippen molar-refractivity contribution < 1.29 is 9.84 Å². The van der Waals surface area contributed by atoms with Crippen LogP contribution in [0.15, 0.2) is 4.99 Å². The van der Waals surface area contributed by atoms with Gasteiger partial charge >= 0.3 is 0 Å². The van der Waals surface area contributed by atoms with Gasteiger partial charge in [-0.3, -0.25) is 4.99 Å². The van der Waals surface area contributed by atoms with Crippen LogP contribution in [0.25, 0.3) is 0 Å². The van der Waals surface area contributed by atoms with E-state index in [2.05, 4.69) is 22.5 Å². The smallest absolute Gasteiger partial charge is 0.191 e. The maximum Gasteiger partial charge on any atom is 0.191 e. The van der Waals surface area contributed by atoms with Gasteiger partial charge in [0.05, 0.1) is 12.1 Å². The van der Waals surface area contributed by atoms with Crippen molar-refractivity contribution in [1.29, 1.82) is 0 Å². The Labute approximate surface area is 145 Å². The third-order valence-electron chi connectivity index (χ3n) is 4.25.